The van der Waals surface area contributed by atoms with E-state index in [0.29, 0.717) is 6.61 Å². The molecule has 0 aliphatic heterocycles. The van der Waals surface area contributed by atoms with Crippen LogP contribution in [0.1, 0.15) is 16.3 Å². The normalized spacial score (nSPS) is 10.6. The van der Waals surface area contributed by atoms with Gasteiger partial charge in [0, 0.05) is 28.2 Å². The summed E-state index contributed by atoms with van der Waals surface area (Å²) in [5.74, 6) is 0.849. The third kappa shape index (κ3) is 3.45. The van der Waals surface area contributed by atoms with Gasteiger partial charge in [-0.25, -0.2) is 4.98 Å². The van der Waals surface area contributed by atoms with Gasteiger partial charge in [0.1, 0.15) is 17.4 Å². The zero-order chi connectivity index (χ0) is 13.0. The summed E-state index contributed by atoms with van der Waals surface area (Å²) in [4.78, 5) is 4.37. The summed E-state index contributed by atoms with van der Waals surface area (Å²) in [5, 5.41) is 6.83. The van der Waals surface area contributed by atoms with Gasteiger partial charge in [0.25, 0.3) is 0 Å². The molecule has 1 N–H and O–H groups in total. The van der Waals surface area contributed by atoms with Crippen molar-refractivity contribution in [1.82, 2.24) is 10.3 Å². The van der Waals surface area contributed by atoms with Crippen molar-refractivity contribution in [2.24, 2.45) is 0 Å². The molecular weight excluding hydrogens is 268 g/mol. The zero-order valence-corrected chi connectivity index (χ0v) is 11.9. The van der Waals surface area contributed by atoms with Gasteiger partial charge in [-0.05, 0) is 32.2 Å². The maximum atomic E-state index is 5.98. The molecule has 0 saturated heterocycles. The van der Waals surface area contributed by atoms with Crippen molar-refractivity contribution in [3.63, 3.8) is 0 Å². The van der Waals surface area contributed by atoms with Crippen molar-refractivity contribution in [2.45, 2.75) is 20.1 Å². The first kappa shape index (κ1) is 13.3. The molecule has 0 aliphatic rings. The molecular formula is C13H15ClN2OS. The molecule has 0 aliphatic carbocycles. The molecule has 1 aromatic carbocycles. The van der Waals surface area contributed by atoms with E-state index in [1.807, 2.05) is 37.6 Å². The van der Waals surface area contributed by atoms with Crippen LogP contribution in [-0.2, 0) is 13.2 Å². The monoisotopic (exact) mass is 282 g/mol. The van der Waals surface area contributed by atoms with Gasteiger partial charge in [-0.15, -0.1) is 11.3 Å². The van der Waals surface area contributed by atoms with Crippen molar-refractivity contribution in [1.29, 1.82) is 0 Å². The Kier molecular flexibility index (Phi) is 4.58. The molecule has 1 aromatic heterocycles. The molecule has 3 nitrogen and oxygen atoms in total. The van der Waals surface area contributed by atoms with E-state index in [2.05, 4.69) is 10.3 Å². The number of hydrogen-bond donors (Lipinski definition) is 1. The van der Waals surface area contributed by atoms with Gasteiger partial charge < -0.3 is 10.1 Å². The number of rotatable bonds is 5. The number of halogens is 1. The van der Waals surface area contributed by atoms with Crippen LogP contribution in [0.3, 0.4) is 0 Å². The van der Waals surface area contributed by atoms with E-state index in [0.717, 1.165) is 33.6 Å². The van der Waals surface area contributed by atoms with E-state index < -0.39 is 0 Å². The Morgan fingerprint density at radius 1 is 1.44 bits per heavy atom. The molecule has 0 saturated carbocycles. The van der Waals surface area contributed by atoms with Crippen molar-refractivity contribution < 1.29 is 4.74 Å². The van der Waals surface area contributed by atoms with Crippen LogP contribution in [0.5, 0.6) is 5.75 Å². The van der Waals surface area contributed by atoms with Crippen LogP contribution in [-0.4, -0.2) is 12.0 Å². The van der Waals surface area contributed by atoms with Crippen molar-refractivity contribution >= 4 is 22.9 Å². The molecule has 1 heterocycles. The van der Waals surface area contributed by atoms with Crippen LogP contribution in [0.25, 0.3) is 0 Å². The smallest absolute Gasteiger partial charge is 0.140 e. The highest BCUT2D eigenvalue weighted by Crippen LogP contribution is 2.24. The number of nitrogens with zero attached hydrogens (tertiary/aromatic N) is 1. The molecule has 96 valence electrons. The van der Waals surface area contributed by atoms with E-state index in [4.69, 9.17) is 16.3 Å². The molecule has 2 aromatic rings. The van der Waals surface area contributed by atoms with Crippen LogP contribution in [0, 0.1) is 6.92 Å². The lowest BCUT2D eigenvalue weighted by Gasteiger charge is -2.10. The second-order valence-electron chi connectivity index (χ2n) is 3.95. The molecule has 0 atom stereocenters. The molecule has 5 heteroatoms. The SMILES string of the molecule is CNCc1cc(Cl)ccc1OCc1nc(C)cs1. The summed E-state index contributed by atoms with van der Waals surface area (Å²) >= 11 is 7.59. The lowest BCUT2D eigenvalue weighted by atomic mass is 10.2. The minimum absolute atomic E-state index is 0.497. The lowest BCUT2D eigenvalue weighted by molar-refractivity contribution is 0.301. The standard InChI is InChI=1S/C13H15ClN2OS/c1-9-8-18-13(16-9)7-17-12-4-3-11(14)5-10(12)6-15-2/h3-5,8,15H,6-7H2,1-2H3. The van der Waals surface area contributed by atoms with Gasteiger partial charge in [-0.1, -0.05) is 11.6 Å². The second kappa shape index (κ2) is 6.18. The summed E-state index contributed by atoms with van der Waals surface area (Å²) in [5.41, 5.74) is 2.09. The molecule has 0 amide bonds. The van der Waals surface area contributed by atoms with Gasteiger partial charge in [0.2, 0.25) is 0 Å². The van der Waals surface area contributed by atoms with Crippen LogP contribution < -0.4 is 10.1 Å². The minimum atomic E-state index is 0.497. The summed E-state index contributed by atoms with van der Waals surface area (Å²) in [6.07, 6.45) is 0. The summed E-state index contributed by atoms with van der Waals surface area (Å²) in [6.45, 7) is 3.21. The first-order valence-electron chi connectivity index (χ1n) is 5.66. The average molecular weight is 283 g/mol. The number of ether oxygens (including phenoxy) is 1. The average Bonchev–Trinajstić information content (AvgIpc) is 2.75. The van der Waals surface area contributed by atoms with Gasteiger partial charge in [-0.2, -0.15) is 0 Å². The fourth-order valence-electron chi connectivity index (χ4n) is 1.63. The molecule has 0 bridgehead atoms. The van der Waals surface area contributed by atoms with Crippen molar-refractivity contribution in [3.8, 4) is 5.75 Å². The van der Waals surface area contributed by atoms with Gasteiger partial charge in [0.15, 0.2) is 0 Å². The Bertz CT molecular complexity index is 527. The van der Waals surface area contributed by atoms with Crippen LogP contribution in [0.4, 0.5) is 0 Å². The molecule has 0 fully saturated rings. The lowest BCUT2D eigenvalue weighted by Crippen LogP contribution is -2.07. The maximum absolute atomic E-state index is 5.98. The van der Waals surface area contributed by atoms with Gasteiger partial charge >= 0.3 is 0 Å². The topological polar surface area (TPSA) is 34.1 Å². The Balaban J connectivity index is 2.08. The number of benzene rings is 1. The second-order valence-corrected chi connectivity index (χ2v) is 5.33. The fraction of sp³-hybridized carbons (Fsp3) is 0.308. The summed E-state index contributed by atoms with van der Waals surface area (Å²) in [7, 11) is 1.90. The molecule has 0 radical (unpaired) electrons. The highest BCUT2D eigenvalue weighted by atomic mass is 35.5. The number of aryl methyl sites for hydroxylation is 1. The predicted molar refractivity (Wildman–Crippen MR) is 75.4 cm³/mol. The minimum Gasteiger partial charge on any atom is -0.486 e. The number of hydrogen-bond acceptors (Lipinski definition) is 4. The number of nitrogens with one attached hydrogen (secondary N) is 1. The third-order valence-electron chi connectivity index (χ3n) is 2.41. The Labute approximate surface area is 116 Å². The van der Waals surface area contributed by atoms with Crippen molar-refractivity contribution in [2.75, 3.05) is 7.05 Å². The van der Waals surface area contributed by atoms with Crippen LogP contribution in [0.15, 0.2) is 23.6 Å². The van der Waals surface area contributed by atoms with E-state index in [1.54, 1.807) is 11.3 Å². The van der Waals surface area contributed by atoms with Gasteiger partial charge in [0.05, 0.1) is 0 Å². The van der Waals surface area contributed by atoms with Crippen LogP contribution in [0.2, 0.25) is 5.02 Å². The van der Waals surface area contributed by atoms with Crippen LogP contribution >= 0.6 is 22.9 Å². The van der Waals surface area contributed by atoms with Gasteiger partial charge in [-0.3, -0.25) is 0 Å². The largest absolute Gasteiger partial charge is 0.486 e. The van der Waals surface area contributed by atoms with E-state index in [1.165, 1.54) is 0 Å². The summed E-state index contributed by atoms with van der Waals surface area (Å²) in [6, 6.07) is 5.65. The van der Waals surface area contributed by atoms with Crippen molar-refractivity contribution in [3.05, 3.63) is 44.9 Å². The maximum Gasteiger partial charge on any atom is 0.140 e. The van der Waals surface area contributed by atoms with E-state index in [-0.39, 0.29) is 0 Å². The Hall–Kier alpha value is -1.10. The Morgan fingerprint density at radius 3 is 2.94 bits per heavy atom. The molecule has 18 heavy (non-hydrogen) atoms. The first-order chi connectivity index (χ1) is 8.69. The third-order valence-corrected chi connectivity index (χ3v) is 3.58. The Morgan fingerprint density at radius 2 is 2.28 bits per heavy atom. The predicted octanol–water partition coefficient (Wildman–Crippen LogP) is 3.40. The molecule has 2 rings (SSSR count). The summed E-state index contributed by atoms with van der Waals surface area (Å²) < 4.78 is 5.79. The zero-order valence-electron chi connectivity index (χ0n) is 10.4. The van der Waals surface area contributed by atoms with E-state index in [9.17, 15) is 0 Å². The molecule has 0 unspecified atom stereocenters. The first-order valence-corrected chi connectivity index (χ1v) is 6.91. The number of aromatic nitrogens is 1. The quantitative estimate of drug-likeness (QED) is 0.913. The molecule has 0 spiro atoms. The highest BCUT2D eigenvalue weighted by molar-refractivity contribution is 7.09. The fourth-order valence-corrected chi connectivity index (χ4v) is 2.50. The van der Waals surface area contributed by atoms with E-state index >= 15 is 0 Å². The number of thiazole rings is 1. The highest BCUT2D eigenvalue weighted by Gasteiger charge is 2.06.